The number of hydrogen-bond donors (Lipinski definition) is 0. The van der Waals surface area contributed by atoms with Crippen LogP contribution in [-0.4, -0.2) is 30.3 Å². The van der Waals surface area contributed by atoms with Gasteiger partial charge in [0.15, 0.2) is 0 Å². The van der Waals surface area contributed by atoms with Crippen molar-refractivity contribution in [1.29, 1.82) is 0 Å². The fourth-order valence-corrected chi connectivity index (χ4v) is 4.53. The Labute approximate surface area is 132 Å². The smallest absolute Gasteiger partial charge is 0.137 e. The van der Waals surface area contributed by atoms with E-state index < -0.39 is 0 Å². The second kappa shape index (κ2) is 6.10. The molecule has 0 spiro atoms. The predicted octanol–water partition coefficient (Wildman–Crippen LogP) is 4.13. The fourth-order valence-electron chi connectivity index (χ4n) is 4.41. The summed E-state index contributed by atoms with van der Waals surface area (Å²) in [6.45, 7) is 3.14. The van der Waals surface area contributed by atoms with Crippen molar-refractivity contribution in [2.75, 3.05) is 13.6 Å². The number of ketones is 1. The van der Waals surface area contributed by atoms with Gasteiger partial charge < -0.3 is 4.90 Å². The Kier molecular flexibility index (Phi) is 4.37. The van der Waals surface area contributed by atoms with Gasteiger partial charge in [0.1, 0.15) is 5.78 Å². The first-order valence-corrected chi connectivity index (χ1v) is 8.46. The third kappa shape index (κ3) is 2.89. The van der Waals surface area contributed by atoms with Crippen molar-refractivity contribution in [3.63, 3.8) is 0 Å². The molecule has 4 rings (SSSR count). The van der Waals surface area contributed by atoms with Gasteiger partial charge in [-0.3, -0.25) is 4.79 Å². The molecule has 1 aliphatic carbocycles. The lowest BCUT2D eigenvalue weighted by Gasteiger charge is -2.37. The third-order valence-electron chi connectivity index (χ3n) is 5.44. The van der Waals surface area contributed by atoms with E-state index in [-0.39, 0.29) is 5.92 Å². The SMILES string of the molecule is CCC(=O)[C@H]1C2CCC(C[C@H]1c1ccc(Cl)cc1)CN2C. The van der Waals surface area contributed by atoms with Crippen molar-refractivity contribution < 1.29 is 4.79 Å². The van der Waals surface area contributed by atoms with E-state index in [4.69, 9.17) is 11.6 Å². The van der Waals surface area contributed by atoms with Crippen LogP contribution in [0.3, 0.4) is 0 Å². The van der Waals surface area contributed by atoms with Crippen molar-refractivity contribution in [3.8, 4) is 0 Å². The Hall–Kier alpha value is -0.860. The summed E-state index contributed by atoms with van der Waals surface area (Å²) in [6, 6.07) is 8.57. The minimum Gasteiger partial charge on any atom is -0.302 e. The standard InChI is InChI=1S/C18H24ClNO/c1-3-17(21)18-15(13-5-7-14(19)8-6-13)10-12-4-9-16(18)20(2)11-12/h5-8,12,15-16,18H,3-4,9-11H2,1-2H3/t12?,15-,16?,18+/m0/s1. The molecule has 0 amide bonds. The van der Waals surface area contributed by atoms with Crippen LogP contribution in [0.1, 0.15) is 44.1 Å². The molecule has 1 saturated carbocycles. The lowest BCUT2D eigenvalue weighted by molar-refractivity contribution is -0.125. The van der Waals surface area contributed by atoms with E-state index in [1.807, 2.05) is 19.1 Å². The van der Waals surface area contributed by atoms with Crippen molar-refractivity contribution in [2.24, 2.45) is 11.8 Å². The maximum absolute atomic E-state index is 12.7. The molecular formula is C18H24ClNO. The van der Waals surface area contributed by atoms with E-state index >= 15 is 0 Å². The first kappa shape index (κ1) is 15.1. The van der Waals surface area contributed by atoms with Crippen LogP contribution in [0.25, 0.3) is 0 Å². The van der Waals surface area contributed by atoms with Gasteiger partial charge in [0, 0.05) is 29.9 Å². The molecule has 1 aromatic rings. The summed E-state index contributed by atoms with van der Waals surface area (Å²) in [7, 11) is 2.19. The van der Waals surface area contributed by atoms with Gasteiger partial charge in [-0.15, -0.1) is 0 Å². The molecule has 2 nitrogen and oxygen atoms in total. The fraction of sp³-hybridized carbons (Fsp3) is 0.611. The molecule has 21 heavy (non-hydrogen) atoms. The largest absolute Gasteiger partial charge is 0.302 e. The highest BCUT2D eigenvalue weighted by Gasteiger charge is 2.44. The molecule has 4 atom stereocenters. The Balaban J connectivity index is 1.99. The van der Waals surface area contributed by atoms with Gasteiger partial charge in [0.25, 0.3) is 0 Å². The highest BCUT2D eigenvalue weighted by atomic mass is 35.5. The number of hydrogen-bond acceptors (Lipinski definition) is 2. The first-order valence-electron chi connectivity index (χ1n) is 8.08. The van der Waals surface area contributed by atoms with Crippen LogP contribution >= 0.6 is 11.6 Å². The molecule has 1 aromatic carbocycles. The van der Waals surface area contributed by atoms with Gasteiger partial charge in [-0.1, -0.05) is 30.7 Å². The van der Waals surface area contributed by atoms with Crippen molar-refractivity contribution in [2.45, 2.75) is 44.6 Å². The molecule has 3 aliphatic rings. The van der Waals surface area contributed by atoms with Crippen LogP contribution in [0.4, 0.5) is 0 Å². The number of fused-ring (bicyclic) bond motifs is 4. The van der Waals surface area contributed by atoms with E-state index in [0.29, 0.717) is 24.2 Å². The van der Waals surface area contributed by atoms with E-state index in [1.54, 1.807) is 0 Å². The number of carbonyl (C=O) groups excluding carboxylic acids is 1. The van der Waals surface area contributed by atoms with Crippen LogP contribution in [0.5, 0.6) is 0 Å². The van der Waals surface area contributed by atoms with Gasteiger partial charge >= 0.3 is 0 Å². The normalized spacial score (nSPS) is 32.9. The zero-order chi connectivity index (χ0) is 15.0. The minimum absolute atomic E-state index is 0.147. The van der Waals surface area contributed by atoms with Crippen LogP contribution in [0.2, 0.25) is 5.02 Å². The summed E-state index contributed by atoms with van der Waals surface area (Å²) in [5.41, 5.74) is 1.29. The number of rotatable bonds is 3. The summed E-state index contributed by atoms with van der Waals surface area (Å²) in [5, 5.41) is 0.769. The number of piperidine rings is 1. The van der Waals surface area contributed by atoms with Gasteiger partial charge in [-0.25, -0.2) is 0 Å². The average Bonchev–Trinajstić information content (AvgIpc) is 2.74. The van der Waals surface area contributed by atoms with Gasteiger partial charge in [0.05, 0.1) is 0 Å². The quantitative estimate of drug-likeness (QED) is 0.837. The summed E-state index contributed by atoms with van der Waals surface area (Å²) in [5.74, 6) is 1.65. The first-order chi connectivity index (χ1) is 10.1. The summed E-state index contributed by atoms with van der Waals surface area (Å²) in [6.07, 6.45) is 4.22. The summed E-state index contributed by atoms with van der Waals surface area (Å²) < 4.78 is 0. The molecule has 2 saturated heterocycles. The number of nitrogens with zero attached hydrogens (tertiary/aromatic N) is 1. The molecule has 2 heterocycles. The Morgan fingerprint density at radius 2 is 2.00 bits per heavy atom. The van der Waals surface area contributed by atoms with E-state index in [2.05, 4.69) is 24.1 Å². The Morgan fingerprint density at radius 1 is 1.29 bits per heavy atom. The van der Waals surface area contributed by atoms with Crippen LogP contribution in [0.15, 0.2) is 24.3 Å². The lowest BCUT2D eigenvalue weighted by atomic mass is 9.77. The van der Waals surface area contributed by atoms with E-state index in [1.165, 1.54) is 18.4 Å². The van der Waals surface area contributed by atoms with Crippen molar-refractivity contribution in [1.82, 2.24) is 4.90 Å². The summed E-state index contributed by atoms with van der Waals surface area (Å²) in [4.78, 5) is 15.1. The second-order valence-corrected chi connectivity index (χ2v) is 7.13. The molecule has 3 fully saturated rings. The molecule has 2 bridgehead atoms. The third-order valence-corrected chi connectivity index (χ3v) is 5.69. The maximum Gasteiger partial charge on any atom is 0.137 e. The van der Waals surface area contributed by atoms with E-state index in [9.17, 15) is 4.79 Å². The molecule has 3 heteroatoms. The van der Waals surface area contributed by atoms with Gasteiger partial charge in [-0.2, -0.15) is 0 Å². The highest BCUT2D eigenvalue weighted by molar-refractivity contribution is 6.30. The molecular weight excluding hydrogens is 282 g/mol. The van der Waals surface area contributed by atoms with Crippen LogP contribution in [-0.2, 0) is 4.79 Å². The number of carbonyl (C=O) groups is 1. The van der Waals surface area contributed by atoms with Crippen molar-refractivity contribution >= 4 is 17.4 Å². The molecule has 0 N–H and O–H groups in total. The predicted molar refractivity (Wildman–Crippen MR) is 86.7 cm³/mol. The highest BCUT2D eigenvalue weighted by Crippen LogP contribution is 2.45. The number of halogens is 1. The molecule has 0 radical (unpaired) electrons. The van der Waals surface area contributed by atoms with Crippen LogP contribution in [0, 0.1) is 11.8 Å². The van der Waals surface area contributed by atoms with Gasteiger partial charge in [-0.05, 0) is 55.8 Å². The molecule has 2 aliphatic heterocycles. The number of Topliss-reactive ketones (excluding diaryl/α,β-unsaturated/α-hetero) is 1. The van der Waals surface area contributed by atoms with Crippen molar-refractivity contribution in [3.05, 3.63) is 34.9 Å². The monoisotopic (exact) mass is 305 g/mol. The van der Waals surface area contributed by atoms with Crippen LogP contribution < -0.4 is 0 Å². The average molecular weight is 306 g/mol. The Morgan fingerprint density at radius 3 is 2.62 bits per heavy atom. The second-order valence-electron chi connectivity index (χ2n) is 6.69. The molecule has 114 valence electrons. The topological polar surface area (TPSA) is 20.3 Å². The zero-order valence-electron chi connectivity index (χ0n) is 12.9. The molecule has 0 aromatic heterocycles. The minimum atomic E-state index is 0.147. The summed E-state index contributed by atoms with van der Waals surface area (Å²) >= 11 is 6.03. The van der Waals surface area contributed by atoms with E-state index in [0.717, 1.165) is 23.9 Å². The lowest BCUT2D eigenvalue weighted by Crippen LogP contribution is -2.45. The van der Waals surface area contributed by atoms with Gasteiger partial charge in [0.2, 0.25) is 0 Å². The molecule has 2 unspecified atom stereocenters. The maximum atomic E-state index is 12.7. The number of benzene rings is 1. The zero-order valence-corrected chi connectivity index (χ0v) is 13.6. The Bertz CT molecular complexity index is 512.